The smallest absolute Gasteiger partial charge is 0.166 e. The lowest BCUT2D eigenvalue weighted by Crippen LogP contribution is -2.07. The van der Waals surface area contributed by atoms with Gasteiger partial charge in [-0.15, -0.1) is 0 Å². The second-order valence-corrected chi connectivity index (χ2v) is 6.78. The number of para-hydroxylation sites is 1. The molecule has 3 nitrogen and oxygen atoms in total. The number of benzene rings is 3. The van der Waals surface area contributed by atoms with Crippen molar-refractivity contribution in [1.82, 2.24) is 0 Å². The number of hydrogen-bond donors (Lipinski definition) is 1. The topological polar surface area (TPSA) is 30.5 Å². The van der Waals surface area contributed by atoms with Crippen molar-refractivity contribution in [3.63, 3.8) is 0 Å². The molecule has 0 aliphatic heterocycles. The summed E-state index contributed by atoms with van der Waals surface area (Å²) in [5, 5.41) is 4.07. The van der Waals surface area contributed by atoms with E-state index in [1.165, 1.54) is 6.07 Å². The summed E-state index contributed by atoms with van der Waals surface area (Å²) < 4.78 is 25.6. The van der Waals surface area contributed by atoms with Crippen molar-refractivity contribution in [3.8, 4) is 11.5 Å². The Morgan fingerprint density at radius 1 is 0.964 bits per heavy atom. The minimum Gasteiger partial charge on any atom is -0.490 e. The fraction of sp³-hybridized carbons (Fsp3) is 0.217. The third-order valence-electron chi connectivity index (χ3n) is 4.34. The Hall–Kier alpha value is -2.72. The molecule has 0 saturated carbocycles. The third kappa shape index (κ3) is 4.96. The summed E-state index contributed by atoms with van der Waals surface area (Å²) in [6.07, 6.45) is 0. The highest BCUT2D eigenvalue weighted by Gasteiger charge is 2.13. The summed E-state index contributed by atoms with van der Waals surface area (Å²) >= 11 is 6.21. The lowest BCUT2D eigenvalue weighted by Gasteiger charge is -2.17. The van der Waals surface area contributed by atoms with Crippen LogP contribution >= 0.6 is 11.6 Å². The summed E-state index contributed by atoms with van der Waals surface area (Å²) in [5.41, 5.74) is 3.36. The van der Waals surface area contributed by atoms with Crippen molar-refractivity contribution in [2.24, 2.45) is 0 Å². The molecule has 3 aromatic carbocycles. The highest BCUT2D eigenvalue weighted by atomic mass is 35.5. The Morgan fingerprint density at radius 2 is 1.75 bits per heavy atom. The van der Waals surface area contributed by atoms with Gasteiger partial charge in [-0.2, -0.15) is 0 Å². The number of aryl methyl sites for hydroxylation is 1. The standard InChI is InChI=1S/C23H23ClFNO2/c1-3-27-22-10-6-8-17(14-26-19-12-11-16(2)20(24)13-19)23(22)28-15-18-7-4-5-9-21(18)25/h4-13,26H,3,14-15H2,1-2H3. The molecule has 0 spiro atoms. The first-order valence-electron chi connectivity index (χ1n) is 9.19. The van der Waals surface area contributed by atoms with Crippen LogP contribution in [0.3, 0.4) is 0 Å². The summed E-state index contributed by atoms with van der Waals surface area (Å²) in [6, 6.07) is 18.2. The van der Waals surface area contributed by atoms with Crippen LogP contribution in [-0.4, -0.2) is 6.61 Å². The van der Waals surface area contributed by atoms with Gasteiger partial charge >= 0.3 is 0 Å². The number of nitrogens with one attached hydrogen (secondary N) is 1. The predicted octanol–water partition coefficient (Wildman–Crippen LogP) is 6.38. The van der Waals surface area contributed by atoms with Gasteiger partial charge in [-0.25, -0.2) is 4.39 Å². The first kappa shape index (κ1) is 20.0. The molecule has 0 unspecified atom stereocenters. The number of ether oxygens (including phenoxy) is 2. The molecule has 0 saturated heterocycles. The van der Waals surface area contributed by atoms with Crippen LogP contribution in [0.2, 0.25) is 5.02 Å². The molecular formula is C23H23ClFNO2. The zero-order valence-corrected chi connectivity index (χ0v) is 16.7. The van der Waals surface area contributed by atoms with Crippen LogP contribution in [0.5, 0.6) is 11.5 Å². The Balaban J connectivity index is 1.80. The average molecular weight is 400 g/mol. The molecule has 0 aliphatic rings. The monoisotopic (exact) mass is 399 g/mol. The number of anilines is 1. The fourth-order valence-corrected chi connectivity index (χ4v) is 2.98. The molecule has 0 aliphatic carbocycles. The van der Waals surface area contributed by atoms with Crippen LogP contribution in [0.15, 0.2) is 60.7 Å². The molecule has 0 bridgehead atoms. The van der Waals surface area contributed by atoms with Crippen molar-refractivity contribution in [2.45, 2.75) is 27.0 Å². The number of hydrogen-bond acceptors (Lipinski definition) is 3. The largest absolute Gasteiger partial charge is 0.490 e. The number of halogens is 2. The van der Waals surface area contributed by atoms with Gasteiger partial charge in [0, 0.05) is 28.4 Å². The quantitative estimate of drug-likeness (QED) is 0.477. The summed E-state index contributed by atoms with van der Waals surface area (Å²) in [7, 11) is 0. The van der Waals surface area contributed by atoms with Crippen LogP contribution < -0.4 is 14.8 Å². The van der Waals surface area contributed by atoms with Gasteiger partial charge in [-0.3, -0.25) is 0 Å². The second-order valence-electron chi connectivity index (χ2n) is 6.38. The van der Waals surface area contributed by atoms with E-state index in [2.05, 4.69) is 5.32 Å². The minimum absolute atomic E-state index is 0.125. The van der Waals surface area contributed by atoms with Gasteiger partial charge in [-0.1, -0.05) is 48.0 Å². The van der Waals surface area contributed by atoms with E-state index >= 15 is 0 Å². The highest BCUT2D eigenvalue weighted by molar-refractivity contribution is 6.31. The van der Waals surface area contributed by atoms with E-state index in [0.29, 0.717) is 35.2 Å². The first-order valence-corrected chi connectivity index (χ1v) is 9.57. The minimum atomic E-state index is -0.287. The molecule has 0 amide bonds. The Morgan fingerprint density at radius 3 is 2.50 bits per heavy atom. The second kappa shape index (κ2) is 9.47. The van der Waals surface area contributed by atoms with Crippen LogP contribution in [0, 0.1) is 12.7 Å². The summed E-state index contributed by atoms with van der Waals surface area (Å²) in [5.74, 6) is 0.962. The molecule has 1 N–H and O–H groups in total. The van der Waals surface area contributed by atoms with Gasteiger partial charge in [0.15, 0.2) is 11.5 Å². The van der Waals surface area contributed by atoms with Gasteiger partial charge in [0.25, 0.3) is 0 Å². The van der Waals surface area contributed by atoms with Crippen LogP contribution in [0.1, 0.15) is 23.6 Å². The van der Waals surface area contributed by atoms with Crippen molar-refractivity contribution in [2.75, 3.05) is 11.9 Å². The third-order valence-corrected chi connectivity index (χ3v) is 4.75. The van der Waals surface area contributed by atoms with E-state index in [0.717, 1.165) is 16.8 Å². The Labute approximate surface area is 170 Å². The maximum absolute atomic E-state index is 13.9. The molecule has 0 heterocycles. The van der Waals surface area contributed by atoms with E-state index in [1.54, 1.807) is 18.2 Å². The molecule has 5 heteroatoms. The van der Waals surface area contributed by atoms with Gasteiger partial charge < -0.3 is 14.8 Å². The van der Waals surface area contributed by atoms with Crippen molar-refractivity contribution in [3.05, 3.63) is 88.2 Å². The summed E-state index contributed by atoms with van der Waals surface area (Å²) in [6.45, 7) is 5.04. The maximum Gasteiger partial charge on any atom is 0.166 e. The van der Waals surface area contributed by atoms with E-state index in [9.17, 15) is 4.39 Å². The van der Waals surface area contributed by atoms with Crippen molar-refractivity contribution >= 4 is 17.3 Å². The van der Waals surface area contributed by atoms with E-state index in [4.69, 9.17) is 21.1 Å². The zero-order valence-electron chi connectivity index (χ0n) is 16.0. The van der Waals surface area contributed by atoms with Gasteiger partial charge in [0.05, 0.1) is 6.61 Å². The number of rotatable bonds is 8. The van der Waals surface area contributed by atoms with Gasteiger partial charge in [-0.05, 0) is 43.7 Å². The highest BCUT2D eigenvalue weighted by Crippen LogP contribution is 2.33. The average Bonchev–Trinajstić information content (AvgIpc) is 2.69. The van der Waals surface area contributed by atoms with Gasteiger partial charge in [0.2, 0.25) is 0 Å². The molecule has 28 heavy (non-hydrogen) atoms. The van der Waals surface area contributed by atoms with Crippen LogP contribution in [0.4, 0.5) is 10.1 Å². The zero-order chi connectivity index (χ0) is 19.9. The van der Waals surface area contributed by atoms with Crippen LogP contribution in [-0.2, 0) is 13.2 Å². The molecule has 0 atom stereocenters. The lowest BCUT2D eigenvalue weighted by molar-refractivity contribution is 0.263. The summed E-state index contributed by atoms with van der Waals surface area (Å²) in [4.78, 5) is 0. The van der Waals surface area contributed by atoms with E-state index < -0.39 is 0 Å². The van der Waals surface area contributed by atoms with Gasteiger partial charge in [0.1, 0.15) is 12.4 Å². The molecule has 0 fully saturated rings. The molecule has 3 aromatic rings. The SMILES string of the molecule is CCOc1cccc(CNc2ccc(C)c(Cl)c2)c1OCc1ccccc1F. The first-order chi connectivity index (χ1) is 13.6. The van der Waals surface area contributed by atoms with Crippen molar-refractivity contribution in [1.29, 1.82) is 0 Å². The Kier molecular flexibility index (Phi) is 6.77. The molecule has 0 radical (unpaired) electrons. The molecular weight excluding hydrogens is 377 g/mol. The molecule has 3 rings (SSSR count). The normalized spacial score (nSPS) is 10.6. The predicted molar refractivity (Wildman–Crippen MR) is 112 cm³/mol. The van der Waals surface area contributed by atoms with E-state index in [-0.39, 0.29) is 12.4 Å². The van der Waals surface area contributed by atoms with Crippen molar-refractivity contribution < 1.29 is 13.9 Å². The van der Waals surface area contributed by atoms with Crippen LogP contribution in [0.25, 0.3) is 0 Å². The maximum atomic E-state index is 13.9. The fourth-order valence-electron chi connectivity index (χ4n) is 2.80. The molecule has 146 valence electrons. The Bertz CT molecular complexity index is 946. The lowest BCUT2D eigenvalue weighted by atomic mass is 10.1. The molecule has 0 aromatic heterocycles. The van der Waals surface area contributed by atoms with E-state index in [1.807, 2.05) is 50.2 Å².